The van der Waals surface area contributed by atoms with Crippen LogP contribution >= 0.6 is 11.6 Å². The van der Waals surface area contributed by atoms with Crippen LogP contribution in [0.15, 0.2) is 30.5 Å². The number of amides is 1. The number of rotatable bonds is 4. The standard InChI is InChI=1S/C20H20ClFN4O/c1-10(2)26-19-14(9-23-26)12(7-11(3)24-19)20(27)25-17-8-13(17)18-15(21)5-4-6-16(18)22/h4-7,9-10,13,17H,8H2,1-3H3,(H,25,27)/t13-,17-/m1/s1. The summed E-state index contributed by atoms with van der Waals surface area (Å²) in [5, 5.41) is 8.48. The SMILES string of the molecule is Cc1cc(C(=O)N[C@@H]2C[C@H]2c2c(F)cccc2Cl)c2cnn(C(C)C)c2n1. The lowest BCUT2D eigenvalue weighted by Crippen LogP contribution is -2.27. The quantitative estimate of drug-likeness (QED) is 0.723. The highest BCUT2D eigenvalue weighted by Gasteiger charge is 2.42. The topological polar surface area (TPSA) is 59.8 Å². The highest BCUT2D eigenvalue weighted by Crippen LogP contribution is 2.45. The molecule has 1 aromatic carbocycles. The minimum Gasteiger partial charge on any atom is -0.349 e. The van der Waals surface area contributed by atoms with E-state index in [9.17, 15) is 9.18 Å². The van der Waals surface area contributed by atoms with Crippen LogP contribution in [-0.4, -0.2) is 26.7 Å². The molecule has 0 radical (unpaired) electrons. The van der Waals surface area contributed by atoms with Crippen LogP contribution in [0.1, 0.15) is 53.8 Å². The van der Waals surface area contributed by atoms with Gasteiger partial charge in [-0.2, -0.15) is 5.10 Å². The summed E-state index contributed by atoms with van der Waals surface area (Å²) in [7, 11) is 0. The summed E-state index contributed by atoms with van der Waals surface area (Å²) < 4.78 is 15.9. The smallest absolute Gasteiger partial charge is 0.252 e. The molecule has 1 aliphatic rings. The maximum Gasteiger partial charge on any atom is 0.252 e. The van der Waals surface area contributed by atoms with Gasteiger partial charge in [-0.15, -0.1) is 0 Å². The van der Waals surface area contributed by atoms with E-state index in [2.05, 4.69) is 15.4 Å². The van der Waals surface area contributed by atoms with E-state index in [0.29, 0.717) is 33.6 Å². The van der Waals surface area contributed by atoms with E-state index < -0.39 is 0 Å². The second-order valence-corrected chi connectivity index (χ2v) is 7.70. The first-order chi connectivity index (χ1) is 12.9. The van der Waals surface area contributed by atoms with Crippen LogP contribution in [-0.2, 0) is 0 Å². The van der Waals surface area contributed by atoms with Gasteiger partial charge in [0.1, 0.15) is 5.82 Å². The van der Waals surface area contributed by atoms with Gasteiger partial charge < -0.3 is 5.32 Å². The number of carbonyl (C=O) groups excluding carboxylic acids is 1. The van der Waals surface area contributed by atoms with E-state index in [0.717, 1.165) is 5.69 Å². The second kappa shape index (κ2) is 6.60. The van der Waals surface area contributed by atoms with Crippen LogP contribution in [0.25, 0.3) is 11.0 Å². The summed E-state index contributed by atoms with van der Waals surface area (Å²) >= 11 is 6.14. The number of aryl methyl sites for hydroxylation is 1. The molecule has 1 N–H and O–H groups in total. The molecule has 3 aromatic rings. The third-order valence-corrected chi connectivity index (χ3v) is 5.24. The average molecular weight is 387 g/mol. The molecule has 0 unspecified atom stereocenters. The molecule has 2 heterocycles. The zero-order valence-corrected chi connectivity index (χ0v) is 16.1. The van der Waals surface area contributed by atoms with Gasteiger partial charge in [-0.05, 0) is 45.4 Å². The van der Waals surface area contributed by atoms with E-state index in [1.54, 1.807) is 29.1 Å². The van der Waals surface area contributed by atoms with Crippen molar-refractivity contribution in [2.75, 3.05) is 0 Å². The van der Waals surface area contributed by atoms with Crippen LogP contribution in [0.5, 0.6) is 0 Å². The lowest BCUT2D eigenvalue weighted by Gasteiger charge is -2.10. The van der Waals surface area contributed by atoms with Crippen LogP contribution in [0, 0.1) is 12.7 Å². The Balaban J connectivity index is 1.60. The molecule has 140 valence electrons. The summed E-state index contributed by atoms with van der Waals surface area (Å²) in [6.45, 7) is 5.89. The van der Waals surface area contributed by atoms with Gasteiger partial charge in [0.15, 0.2) is 5.65 Å². The van der Waals surface area contributed by atoms with Crippen LogP contribution < -0.4 is 5.32 Å². The fourth-order valence-corrected chi connectivity index (χ4v) is 3.80. The molecule has 27 heavy (non-hydrogen) atoms. The van der Waals surface area contributed by atoms with E-state index >= 15 is 0 Å². The number of pyridine rings is 1. The molecule has 1 fully saturated rings. The summed E-state index contributed by atoms with van der Waals surface area (Å²) in [5.41, 5.74) is 2.46. The van der Waals surface area contributed by atoms with Gasteiger partial charge in [-0.1, -0.05) is 17.7 Å². The largest absolute Gasteiger partial charge is 0.349 e. The molecule has 0 saturated heterocycles. The Bertz CT molecular complexity index is 1030. The number of benzene rings is 1. The Kier molecular flexibility index (Phi) is 4.38. The van der Waals surface area contributed by atoms with Crippen molar-refractivity contribution in [1.82, 2.24) is 20.1 Å². The number of fused-ring (bicyclic) bond motifs is 1. The Hall–Kier alpha value is -2.47. The molecule has 0 aliphatic heterocycles. The second-order valence-electron chi connectivity index (χ2n) is 7.29. The number of hydrogen-bond acceptors (Lipinski definition) is 3. The minimum atomic E-state index is -0.329. The summed E-state index contributed by atoms with van der Waals surface area (Å²) in [5.74, 6) is -0.627. The van der Waals surface area contributed by atoms with Crippen molar-refractivity contribution in [1.29, 1.82) is 0 Å². The molecule has 7 heteroatoms. The highest BCUT2D eigenvalue weighted by atomic mass is 35.5. The van der Waals surface area contributed by atoms with Gasteiger partial charge in [0, 0.05) is 34.3 Å². The molecule has 2 aromatic heterocycles. The fourth-order valence-electron chi connectivity index (χ4n) is 3.49. The van der Waals surface area contributed by atoms with Gasteiger partial charge in [0.05, 0.1) is 17.1 Å². The molecule has 0 spiro atoms. The third kappa shape index (κ3) is 3.18. The van der Waals surface area contributed by atoms with Gasteiger partial charge >= 0.3 is 0 Å². The Morgan fingerprint density at radius 3 is 2.89 bits per heavy atom. The van der Waals surface area contributed by atoms with E-state index in [1.807, 2.05) is 20.8 Å². The fraction of sp³-hybridized carbons (Fsp3) is 0.350. The van der Waals surface area contributed by atoms with Crippen molar-refractivity contribution in [3.8, 4) is 0 Å². The molecule has 4 rings (SSSR count). The first-order valence-electron chi connectivity index (χ1n) is 8.96. The van der Waals surface area contributed by atoms with Crippen molar-refractivity contribution in [3.63, 3.8) is 0 Å². The Labute approximate surface area is 161 Å². The number of nitrogens with zero attached hydrogens (tertiary/aromatic N) is 3. The van der Waals surface area contributed by atoms with Crippen molar-refractivity contribution < 1.29 is 9.18 Å². The van der Waals surface area contributed by atoms with E-state index in [1.165, 1.54) is 6.07 Å². The van der Waals surface area contributed by atoms with Crippen molar-refractivity contribution in [2.24, 2.45) is 0 Å². The lowest BCUT2D eigenvalue weighted by molar-refractivity contribution is 0.0951. The number of nitrogens with one attached hydrogen (secondary N) is 1. The van der Waals surface area contributed by atoms with Gasteiger partial charge in [-0.3, -0.25) is 4.79 Å². The summed E-state index contributed by atoms with van der Waals surface area (Å²) in [6.07, 6.45) is 2.35. The van der Waals surface area contributed by atoms with Gasteiger partial charge in [0.25, 0.3) is 5.91 Å². The van der Waals surface area contributed by atoms with E-state index in [-0.39, 0.29) is 29.7 Å². The first kappa shape index (κ1) is 17.9. The number of halogens is 2. The minimum absolute atomic E-state index is 0.0977. The molecule has 1 amide bonds. The predicted molar refractivity (Wildman–Crippen MR) is 103 cm³/mol. The van der Waals surface area contributed by atoms with Crippen molar-refractivity contribution in [3.05, 3.63) is 58.1 Å². The third-order valence-electron chi connectivity index (χ3n) is 4.91. The molecule has 5 nitrogen and oxygen atoms in total. The normalized spacial score (nSPS) is 18.9. The zero-order chi connectivity index (χ0) is 19.3. The maximum atomic E-state index is 14.1. The Morgan fingerprint density at radius 1 is 1.41 bits per heavy atom. The summed E-state index contributed by atoms with van der Waals surface area (Å²) in [4.78, 5) is 17.4. The average Bonchev–Trinajstić information content (AvgIpc) is 3.19. The number of hydrogen-bond donors (Lipinski definition) is 1. The highest BCUT2D eigenvalue weighted by molar-refractivity contribution is 6.31. The molecule has 1 aliphatic carbocycles. The number of aromatic nitrogens is 3. The molecular formula is C20H20ClFN4O. The van der Waals surface area contributed by atoms with Gasteiger partial charge in [-0.25, -0.2) is 14.1 Å². The van der Waals surface area contributed by atoms with E-state index in [4.69, 9.17) is 11.6 Å². The predicted octanol–water partition coefficient (Wildman–Crippen LogP) is 4.40. The monoisotopic (exact) mass is 386 g/mol. The number of carbonyl (C=O) groups is 1. The lowest BCUT2D eigenvalue weighted by atomic mass is 10.1. The molecule has 1 saturated carbocycles. The summed E-state index contributed by atoms with van der Waals surface area (Å²) in [6, 6.07) is 6.43. The van der Waals surface area contributed by atoms with Crippen molar-refractivity contribution >= 4 is 28.5 Å². The van der Waals surface area contributed by atoms with Crippen LogP contribution in [0.3, 0.4) is 0 Å². The zero-order valence-electron chi connectivity index (χ0n) is 15.3. The maximum absolute atomic E-state index is 14.1. The van der Waals surface area contributed by atoms with Gasteiger partial charge in [0.2, 0.25) is 0 Å². The Morgan fingerprint density at radius 2 is 2.19 bits per heavy atom. The molecule has 0 bridgehead atoms. The van der Waals surface area contributed by atoms with Crippen LogP contribution in [0.4, 0.5) is 4.39 Å². The van der Waals surface area contributed by atoms with Crippen molar-refractivity contribution in [2.45, 2.75) is 45.2 Å². The molecular weight excluding hydrogens is 367 g/mol. The molecule has 2 atom stereocenters. The van der Waals surface area contributed by atoms with Crippen LogP contribution in [0.2, 0.25) is 5.02 Å². The first-order valence-corrected chi connectivity index (χ1v) is 9.34.